The van der Waals surface area contributed by atoms with Gasteiger partial charge in [-0.05, 0) is 56.9 Å². The van der Waals surface area contributed by atoms with Crippen LogP contribution in [0, 0.1) is 5.92 Å². The molecule has 2 fully saturated rings. The molecule has 1 aromatic carbocycles. The Labute approximate surface area is 183 Å². The Morgan fingerprint density at radius 3 is 2.06 bits per heavy atom. The van der Waals surface area contributed by atoms with Crippen LogP contribution in [0.1, 0.15) is 43.0 Å². The van der Waals surface area contributed by atoms with Crippen LogP contribution in [0.3, 0.4) is 0 Å². The quantitative estimate of drug-likeness (QED) is 0.413. The molecule has 0 N–H and O–H groups in total. The van der Waals surface area contributed by atoms with Crippen LogP contribution in [0.2, 0.25) is 0 Å². The molecule has 2 saturated heterocycles. The highest BCUT2D eigenvalue weighted by molar-refractivity contribution is 7.89. The summed E-state index contributed by atoms with van der Waals surface area (Å²) in [5, 5.41) is 0. The molecule has 0 unspecified atom stereocenters. The predicted molar refractivity (Wildman–Crippen MR) is 113 cm³/mol. The summed E-state index contributed by atoms with van der Waals surface area (Å²) in [6.45, 7) is 2.67. The third-order valence-electron chi connectivity index (χ3n) is 5.77. The van der Waals surface area contributed by atoms with Crippen molar-refractivity contribution in [3.8, 4) is 0 Å². The summed E-state index contributed by atoms with van der Waals surface area (Å²) in [6.07, 6.45) is 2.40. The molecule has 0 spiro atoms. The van der Waals surface area contributed by atoms with Crippen LogP contribution in [-0.4, -0.2) is 75.7 Å². The number of hydrogen-bond donors (Lipinski definition) is 0. The first-order valence-electron chi connectivity index (χ1n) is 10.4. The number of nitrogens with zero attached hydrogens (tertiary/aromatic N) is 2. The second-order valence-corrected chi connectivity index (χ2v) is 11.9. The maximum atomic E-state index is 12.5. The molecule has 0 radical (unpaired) electrons. The highest BCUT2D eigenvalue weighted by Crippen LogP contribution is 2.22. The molecule has 0 aliphatic carbocycles. The lowest BCUT2D eigenvalue weighted by molar-refractivity contribution is -0.148. The average molecular weight is 473 g/mol. The highest BCUT2D eigenvalue weighted by atomic mass is 32.2. The smallest absolute Gasteiger partial charge is 0.309 e. The van der Waals surface area contributed by atoms with E-state index in [0.29, 0.717) is 25.9 Å². The number of ether oxygens (including phenoxy) is 1. The number of ketones is 1. The first kappa shape index (κ1) is 23.8. The van der Waals surface area contributed by atoms with Crippen molar-refractivity contribution in [2.24, 2.45) is 5.92 Å². The maximum Gasteiger partial charge on any atom is 0.309 e. The van der Waals surface area contributed by atoms with Gasteiger partial charge in [0.05, 0.1) is 16.6 Å². The number of esters is 1. The van der Waals surface area contributed by atoms with Crippen molar-refractivity contribution in [2.45, 2.75) is 37.5 Å². The summed E-state index contributed by atoms with van der Waals surface area (Å²) in [7, 11) is -6.82. The fourth-order valence-corrected chi connectivity index (χ4v) is 6.43. The SMILES string of the molecule is CCS(=O)(=O)N1CCC(C(=O)OCC(=O)c2ccc(S(=O)(=O)N3CCCC3)cc2)CC1. The summed E-state index contributed by atoms with van der Waals surface area (Å²) in [6, 6.07) is 5.64. The van der Waals surface area contributed by atoms with Gasteiger partial charge in [0.15, 0.2) is 12.4 Å². The van der Waals surface area contributed by atoms with E-state index in [1.165, 1.54) is 32.9 Å². The van der Waals surface area contributed by atoms with Gasteiger partial charge in [0.2, 0.25) is 20.0 Å². The minimum absolute atomic E-state index is 0.0226. The van der Waals surface area contributed by atoms with Gasteiger partial charge in [-0.15, -0.1) is 0 Å². The number of piperidine rings is 1. The number of rotatable bonds is 8. The average Bonchev–Trinajstić information content (AvgIpc) is 3.33. The zero-order valence-corrected chi connectivity index (χ0v) is 19.2. The molecule has 31 heavy (non-hydrogen) atoms. The van der Waals surface area contributed by atoms with Crippen LogP contribution in [0.5, 0.6) is 0 Å². The van der Waals surface area contributed by atoms with Gasteiger partial charge in [0.25, 0.3) is 0 Å². The monoisotopic (exact) mass is 472 g/mol. The fourth-order valence-electron chi connectivity index (χ4n) is 3.78. The molecule has 0 amide bonds. The van der Waals surface area contributed by atoms with E-state index < -0.39 is 44.3 Å². The molecule has 11 heteroatoms. The Hall–Kier alpha value is -1.82. The van der Waals surface area contributed by atoms with Crippen molar-refractivity contribution in [2.75, 3.05) is 38.5 Å². The Bertz CT molecular complexity index is 1010. The number of benzene rings is 1. The Morgan fingerprint density at radius 2 is 1.52 bits per heavy atom. The predicted octanol–water partition coefficient (Wildman–Crippen LogP) is 1.26. The molecule has 9 nitrogen and oxygen atoms in total. The lowest BCUT2D eigenvalue weighted by Crippen LogP contribution is -2.41. The van der Waals surface area contributed by atoms with Crippen molar-refractivity contribution < 1.29 is 31.2 Å². The van der Waals surface area contributed by atoms with E-state index in [1.54, 1.807) is 6.92 Å². The second-order valence-electron chi connectivity index (χ2n) is 7.74. The van der Waals surface area contributed by atoms with Crippen molar-refractivity contribution in [1.82, 2.24) is 8.61 Å². The second kappa shape index (κ2) is 9.76. The van der Waals surface area contributed by atoms with E-state index >= 15 is 0 Å². The molecule has 172 valence electrons. The Balaban J connectivity index is 1.51. The first-order chi connectivity index (χ1) is 14.6. The molecular weight excluding hydrogens is 444 g/mol. The van der Waals surface area contributed by atoms with Crippen LogP contribution in [-0.2, 0) is 29.6 Å². The van der Waals surface area contributed by atoms with Crippen LogP contribution in [0.4, 0.5) is 0 Å². The van der Waals surface area contributed by atoms with Crippen LogP contribution < -0.4 is 0 Å². The van der Waals surface area contributed by atoms with Gasteiger partial charge in [-0.2, -0.15) is 4.31 Å². The maximum absolute atomic E-state index is 12.5. The molecule has 2 heterocycles. The molecule has 3 rings (SSSR count). The molecule has 0 atom stereocenters. The Kier molecular flexibility index (Phi) is 7.51. The zero-order valence-electron chi connectivity index (χ0n) is 17.5. The number of carbonyl (C=O) groups excluding carboxylic acids is 2. The zero-order chi connectivity index (χ0) is 22.6. The third-order valence-corrected chi connectivity index (χ3v) is 9.56. The van der Waals surface area contributed by atoms with Gasteiger partial charge in [-0.3, -0.25) is 9.59 Å². The van der Waals surface area contributed by atoms with Crippen molar-refractivity contribution in [1.29, 1.82) is 0 Å². The summed E-state index contributed by atoms with van der Waals surface area (Å²) >= 11 is 0. The minimum Gasteiger partial charge on any atom is -0.457 e. The normalized spacial score (nSPS) is 19.4. The standard InChI is InChI=1S/C20H28N2O7S2/c1-2-30(25,26)21-13-9-17(10-14-21)20(24)29-15-19(23)16-5-7-18(8-6-16)31(27,28)22-11-3-4-12-22/h5-8,17H,2-4,9-15H2,1H3. The molecule has 0 bridgehead atoms. The van der Waals surface area contributed by atoms with Gasteiger partial charge in [-0.25, -0.2) is 21.1 Å². The number of carbonyl (C=O) groups is 2. The van der Waals surface area contributed by atoms with Crippen LogP contribution in [0.25, 0.3) is 0 Å². The fraction of sp³-hybridized carbons (Fsp3) is 0.600. The summed E-state index contributed by atoms with van der Waals surface area (Å²) in [4.78, 5) is 24.7. The first-order valence-corrected chi connectivity index (χ1v) is 13.5. The molecule has 2 aliphatic rings. The van der Waals surface area contributed by atoms with Gasteiger partial charge in [0.1, 0.15) is 0 Å². The molecule has 2 aliphatic heterocycles. The van der Waals surface area contributed by atoms with Crippen LogP contribution >= 0.6 is 0 Å². The van der Waals surface area contributed by atoms with Crippen molar-refractivity contribution >= 4 is 31.8 Å². The van der Waals surface area contributed by atoms with Gasteiger partial charge in [0, 0.05) is 31.7 Å². The van der Waals surface area contributed by atoms with E-state index in [2.05, 4.69) is 0 Å². The van der Waals surface area contributed by atoms with E-state index in [9.17, 15) is 26.4 Å². The molecule has 0 aromatic heterocycles. The topological polar surface area (TPSA) is 118 Å². The van der Waals surface area contributed by atoms with Crippen molar-refractivity contribution in [3.05, 3.63) is 29.8 Å². The van der Waals surface area contributed by atoms with Gasteiger partial charge < -0.3 is 4.74 Å². The van der Waals surface area contributed by atoms with E-state index in [-0.39, 0.29) is 29.3 Å². The summed E-state index contributed by atoms with van der Waals surface area (Å²) in [5.74, 6) is -1.36. The van der Waals surface area contributed by atoms with E-state index in [1.807, 2.05) is 0 Å². The summed E-state index contributed by atoms with van der Waals surface area (Å²) < 4.78 is 56.8. The lowest BCUT2D eigenvalue weighted by atomic mass is 9.98. The number of sulfonamides is 2. The lowest BCUT2D eigenvalue weighted by Gasteiger charge is -2.29. The number of Topliss-reactive ketones (excluding diaryl/α,β-unsaturated/α-hetero) is 1. The number of hydrogen-bond acceptors (Lipinski definition) is 7. The Morgan fingerprint density at radius 1 is 0.935 bits per heavy atom. The van der Waals surface area contributed by atoms with E-state index in [4.69, 9.17) is 4.74 Å². The molecular formula is C20H28N2O7S2. The van der Waals surface area contributed by atoms with E-state index in [0.717, 1.165) is 12.8 Å². The molecule has 0 saturated carbocycles. The van der Waals surface area contributed by atoms with Gasteiger partial charge >= 0.3 is 5.97 Å². The minimum atomic E-state index is -3.55. The molecule has 1 aromatic rings. The third kappa shape index (κ3) is 5.51. The summed E-state index contributed by atoms with van der Waals surface area (Å²) in [5.41, 5.74) is 0.261. The van der Waals surface area contributed by atoms with Crippen LogP contribution in [0.15, 0.2) is 29.2 Å². The highest BCUT2D eigenvalue weighted by Gasteiger charge is 2.31. The largest absolute Gasteiger partial charge is 0.457 e. The van der Waals surface area contributed by atoms with Gasteiger partial charge in [-0.1, -0.05) is 0 Å². The van der Waals surface area contributed by atoms with Crippen molar-refractivity contribution in [3.63, 3.8) is 0 Å².